The zero-order chi connectivity index (χ0) is 16.9. The summed E-state index contributed by atoms with van der Waals surface area (Å²) in [7, 11) is 0. The van der Waals surface area contributed by atoms with Gasteiger partial charge in [-0.3, -0.25) is 4.79 Å². The smallest absolute Gasteiger partial charge is 0.310 e. The van der Waals surface area contributed by atoms with Crippen molar-refractivity contribution >= 4 is 5.97 Å². The summed E-state index contributed by atoms with van der Waals surface area (Å²) >= 11 is 0. The van der Waals surface area contributed by atoms with E-state index in [1.54, 1.807) is 6.26 Å². The number of hydrogen-bond acceptors (Lipinski definition) is 3. The van der Waals surface area contributed by atoms with Crippen LogP contribution in [-0.4, -0.2) is 16.7 Å². The van der Waals surface area contributed by atoms with Crippen LogP contribution in [0, 0.1) is 17.3 Å². The largest absolute Gasteiger partial charge is 0.434 e. The fourth-order valence-corrected chi connectivity index (χ4v) is 5.56. The monoisotopic (exact) mass is 326 g/mol. The summed E-state index contributed by atoms with van der Waals surface area (Å²) in [5.74, 6) is 0.822. The number of ether oxygens (including phenoxy) is 1. The molecular weight excluding hydrogens is 300 g/mol. The molecule has 4 aliphatic rings. The van der Waals surface area contributed by atoms with Crippen molar-refractivity contribution in [1.82, 2.24) is 0 Å². The third-order valence-electron chi connectivity index (χ3n) is 6.99. The van der Waals surface area contributed by atoms with Crippen molar-refractivity contribution in [3.05, 3.63) is 47.8 Å². The SMILES string of the molecule is C=CC[C@]1(O)CCC2[C@@H]3CCC4=COC(=O)CCC4=C3C=C[C@@]21C. The highest BCUT2D eigenvalue weighted by Gasteiger charge is 2.58. The molecule has 0 saturated heterocycles. The second-order valence-corrected chi connectivity index (χ2v) is 8.00. The first-order chi connectivity index (χ1) is 11.5. The van der Waals surface area contributed by atoms with Gasteiger partial charge >= 0.3 is 5.97 Å². The number of cyclic esters (lactones) is 1. The van der Waals surface area contributed by atoms with Crippen LogP contribution in [0.3, 0.4) is 0 Å². The maximum Gasteiger partial charge on any atom is 0.310 e. The van der Waals surface area contributed by atoms with E-state index in [4.69, 9.17) is 4.74 Å². The standard InChI is InChI=1S/C21H26O3/c1-3-10-21(23)12-9-18-17-5-4-14-13-24-19(22)7-6-15(14)16(17)8-11-20(18,21)2/h3,8,11,13,17-18,23H,1,4-7,9-10,12H2,2H3/t17-,18?,20+,21+/m1/s1. The lowest BCUT2D eigenvalue weighted by molar-refractivity contribution is -0.137. The van der Waals surface area contributed by atoms with E-state index in [9.17, 15) is 9.90 Å². The maximum atomic E-state index is 11.6. The van der Waals surface area contributed by atoms with E-state index in [2.05, 4.69) is 25.7 Å². The van der Waals surface area contributed by atoms with E-state index in [1.165, 1.54) is 16.7 Å². The van der Waals surface area contributed by atoms with Crippen LogP contribution in [0.2, 0.25) is 0 Å². The van der Waals surface area contributed by atoms with E-state index in [0.29, 0.717) is 24.7 Å². The summed E-state index contributed by atoms with van der Waals surface area (Å²) in [5, 5.41) is 11.2. The van der Waals surface area contributed by atoms with E-state index < -0.39 is 5.60 Å². The topological polar surface area (TPSA) is 46.5 Å². The van der Waals surface area contributed by atoms with Crippen molar-refractivity contribution in [2.45, 2.75) is 57.5 Å². The van der Waals surface area contributed by atoms with Crippen LogP contribution in [-0.2, 0) is 9.53 Å². The van der Waals surface area contributed by atoms with E-state index >= 15 is 0 Å². The van der Waals surface area contributed by atoms with Gasteiger partial charge in [-0.1, -0.05) is 25.2 Å². The van der Waals surface area contributed by atoms with Gasteiger partial charge in [0.05, 0.1) is 11.9 Å². The lowest BCUT2D eigenvalue weighted by atomic mass is 9.58. The molecule has 4 atom stereocenters. The average Bonchev–Trinajstić information content (AvgIpc) is 2.70. The van der Waals surface area contributed by atoms with Gasteiger partial charge in [-0.2, -0.15) is 0 Å². The lowest BCUT2D eigenvalue weighted by Crippen LogP contribution is -2.47. The van der Waals surface area contributed by atoms with Crippen LogP contribution in [0.4, 0.5) is 0 Å². The first-order valence-corrected chi connectivity index (χ1v) is 9.13. The molecule has 0 aromatic heterocycles. The predicted molar refractivity (Wildman–Crippen MR) is 92.9 cm³/mol. The third kappa shape index (κ3) is 2.10. The normalized spacial score (nSPS) is 40.9. The van der Waals surface area contributed by atoms with Gasteiger partial charge < -0.3 is 9.84 Å². The highest BCUT2D eigenvalue weighted by atomic mass is 16.5. The summed E-state index contributed by atoms with van der Waals surface area (Å²) in [6, 6.07) is 0. The van der Waals surface area contributed by atoms with E-state index in [-0.39, 0.29) is 11.4 Å². The number of rotatable bonds is 2. The van der Waals surface area contributed by atoms with Crippen LogP contribution in [0.25, 0.3) is 0 Å². The minimum Gasteiger partial charge on any atom is -0.434 e. The number of carbonyl (C=O) groups excluding carboxylic acids is 1. The van der Waals surface area contributed by atoms with Crippen LogP contribution in [0.5, 0.6) is 0 Å². The Bertz CT molecular complexity index is 683. The van der Waals surface area contributed by atoms with Crippen molar-refractivity contribution < 1.29 is 14.6 Å². The molecule has 0 aromatic rings. The zero-order valence-electron chi connectivity index (χ0n) is 14.4. The van der Waals surface area contributed by atoms with Crippen molar-refractivity contribution in [2.24, 2.45) is 17.3 Å². The highest BCUT2D eigenvalue weighted by Crippen LogP contribution is 2.61. The molecule has 0 aromatic carbocycles. The van der Waals surface area contributed by atoms with Crippen molar-refractivity contribution in [3.63, 3.8) is 0 Å². The number of aliphatic hydroxyl groups is 1. The van der Waals surface area contributed by atoms with Gasteiger partial charge in [-0.25, -0.2) is 0 Å². The van der Waals surface area contributed by atoms with Crippen molar-refractivity contribution in [1.29, 1.82) is 0 Å². The molecule has 1 unspecified atom stereocenters. The summed E-state index contributed by atoms with van der Waals surface area (Å²) in [6.07, 6.45) is 13.8. The molecule has 4 rings (SSSR count). The van der Waals surface area contributed by atoms with Crippen LogP contribution in [0.1, 0.15) is 51.9 Å². The molecule has 1 aliphatic heterocycles. The van der Waals surface area contributed by atoms with Gasteiger partial charge in [0.1, 0.15) is 0 Å². The Labute approximate surface area is 143 Å². The summed E-state index contributed by atoms with van der Waals surface area (Å²) in [6.45, 7) is 6.06. The van der Waals surface area contributed by atoms with E-state index in [1.807, 2.05) is 6.08 Å². The average molecular weight is 326 g/mol. The molecule has 1 N–H and O–H groups in total. The van der Waals surface area contributed by atoms with Crippen molar-refractivity contribution in [3.8, 4) is 0 Å². The van der Waals surface area contributed by atoms with Crippen LogP contribution < -0.4 is 0 Å². The minimum absolute atomic E-state index is 0.132. The van der Waals surface area contributed by atoms with Gasteiger partial charge in [-0.05, 0) is 67.1 Å². The molecular formula is C21H26O3. The Kier molecular flexibility index (Phi) is 3.61. The van der Waals surface area contributed by atoms with Gasteiger partial charge in [0.2, 0.25) is 0 Å². The summed E-state index contributed by atoms with van der Waals surface area (Å²) in [4.78, 5) is 11.6. The first-order valence-electron chi connectivity index (χ1n) is 9.13. The summed E-state index contributed by atoms with van der Waals surface area (Å²) < 4.78 is 5.21. The van der Waals surface area contributed by atoms with Crippen LogP contribution >= 0.6 is 0 Å². The minimum atomic E-state index is -0.676. The fourth-order valence-electron chi connectivity index (χ4n) is 5.56. The van der Waals surface area contributed by atoms with E-state index in [0.717, 1.165) is 32.1 Å². The van der Waals surface area contributed by atoms with Gasteiger partial charge in [-0.15, -0.1) is 6.58 Å². The Morgan fingerprint density at radius 3 is 3.00 bits per heavy atom. The molecule has 0 radical (unpaired) electrons. The second-order valence-electron chi connectivity index (χ2n) is 8.00. The Morgan fingerprint density at radius 1 is 1.38 bits per heavy atom. The molecule has 0 spiro atoms. The summed E-state index contributed by atoms with van der Waals surface area (Å²) in [5.41, 5.74) is 3.03. The second kappa shape index (κ2) is 5.45. The Balaban J connectivity index is 1.77. The maximum absolute atomic E-state index is 11.6. The van der Waals surface area contributed by atoms with Gasteiger partial charge in [0.15, 0.2) is 0 Å². The Morgan fingerprint density at radius 2 is 2.21 bits per heavy atom. The third-order valence-corrected chi connectivity index (χ3v) is 6.99. The number of fused-ring (bicyclic) bond motifs is 4. The highest BCUT2D eigenvalue weighted by molar-refractivity contribution is 5.72. The fraction of sp³-hybridized carbons (Fsp3) is 0.571. The Hall–Kier alpha value is -1.61. The number of allylic oxidation sites excluding steroid dienone is 4. The molecule has 3 heteroatoms. The van der Waals surface area contributed by atoms with Crippen molar-refractivity contribution in [2.75, 3.05) is 0 Å². The molecule has 0 amide bonds. The molecule has 3 aliphatic carbocycles. The predicted octanol–water partition coefficient (Wildman–Crippen LogP) is 4.21. The zero-order valence-corrected chi connectivity index (χ0v) is 14.4. The molecule has 1 fully saturated rings. The van der Waals surface area contributed by atoms with Crippen LogP contribution in [0.15, 0.2) is 47.8 Å². The molecule has 1 heterocycles. The van der Waals surface area contributed by atoms with Gasteiger partial charge in [0.25, 0.3) is 0 Å². The number of carbonyl (C=O) groups is 1. The number of hydrogen-bond donors (Lipinski definition) is 1. The quantitative estimate of drug-likeness (QED) is 0.611. The first kappa shape index (κ1) is 15.9. The molecule has 3 nitrogen and oxygen atoms in total. The molecule has 1 saturated carbocycles. The molecule has 24 heavy (non-hydrogen) atoms. The number of esters is 1. The molecule has 0 bridgehead atoms. The molecule has 128 valence electrons. The van der Waals surface area contributed by atoms with Gasteiger partial charge in [0, 0.05) is 11.8 Å². The lowest BCUT2D eigenvalue weighted by Gasteiger charge is -2.48.